The second-order valence-corrected chi connectivity index (χ2v) is 8.31. The van der Waals surface area contributed by atoms with Gasteiger partial charge in [-0.2, -0.15) is 0 Å². The highest BCUT2D eigenvalue weighted by molar-refractivity contribution is 5.78. The van der Waals surface area contributed by atoms with E-state index >= 15 is 0 Å². The Bertz CT molecular complexity index is 911. The highest BCUT2D eigenvalue weighted by Gasteiger charge is 2.27. The Hall–Kier alpha value is -2.63. The topological polar surface area (TPSA) is 74.2 Å². The molecule has 0 radical (unpaired) electrons. The number of hydrogen-bond acceptors (Lipinski definition) is 6. The fourth-order valence-corrected chi connectivity index (χ4v) is 2.44. The standard InChI is InChI=1S/C20H25N3O3/c1-19(2,3)13-10-25-17(22-13)15-12(24-7)8-9-21-16(15)18-23-14(11-26-18)20(4,5)6/h8-11H,1-7H3. The Morgan fingerprint density at radius 1 is 0.846 bits per heavy atom. The van der Waals surface area contributed by atoms with E-state index < -0.39 is 0 Å². The maximum Gasteiger partial charge on any atom is 0.246 e. The number of ether oxygens (including phenoxy) is 1. The van der Waals surface area contributed by atoms with E-state index in [1.807, 2.05) is 0 Å². The molecule has 3 aromatic rings. The average Bonchev–Trinajstić information content (AvgIpc) is 3.22. The zero-order valence-corrected chi connectivity index (χ0v) is 16.4. The van der Waals surface area contributed by atoms with Crippen molar-refractivity contribution in [2.24, 2.45) is 0 Å². The van der Waals surface area contributed by atoms with Crippen LogP contribution in [0.5, 0.6) is 5.75 Å². The Kier molecular flexibility index (Phi) is 4.38. The largest absolute Gasteiger partial charge is 0.496 e. The minimum Gasteiger partial charge on any atom is -0.496 e. The number of oxazole rings is 2. The highest BCUT2D eigenvalue weighted by atomic mass is 16.5. The van der Waals surface area contributed by atoms with Crippen LogP contribution in [-0.4, -0.2) is 22.1 Å². The molecule has 0 N–H and O–H groups in total. The molecule has 0 fully saturated rings. The lowest BCUT2D eigenvalue weighted by Crippen LogP contribution is -2.11. The van der Waals surface area contributed by atoms with Gasteiger partial charge < -0.3 is 13.6 Å². The van der Waals surface area contributed by atoms with Crippen molar-refractivity contribution in [1.82, 2.24) is 15.0 Å². The van der Waals surface area contributed by atoms with Gasteiger partial charge in [-0.25, -0.2) is 9.97 Å². The van der Waals surface area contributed by atoms with Crippen LogP contribution in [-0.2, 0) is 10.8 Å². The summed E-state index contributed by atoms with van der Waals surface area (Å²) in [7, 11) is 1.60. The average molecular weight is 355 g/mol. The summed E-state index contributed by atoms with van der Waals surface area (Å²) in [6.45, 7) is 12.5. The fraction of sp³-hybridized carbons (Fsp3) is 0.450. The molecule has 0 atom stereocenters. The van der Waals surface area contributed by atoms with Gasteiger partial charge in [0.15, 0.2) is 0 Å². The van der Waals surface area contributed by atoms with Gasteiger partial charge in [-0.05, 0) is 6.07 Å². The predicted octanol–water partition coefficient (Wildman–Crippen LogP) is 5.00. The lowest BCUT2D eigenvalue weighted by atomic mass is 9.93. The summed E-state index contributed by atoms with van der Waals surface area (Å²) >= 11 is 0. The van der Waals surface area contributed by atoms with Gasteiger partial charge in [0.25, 0.3) is 0 Å². The van der Waals surface area contributed by atoms with Crippen LogP contribution in [0.4, 0.5) is 0 Å². The minimum atomic E-state index is -0.125. The third-order valence-electron chi connectivity index (χ3n) is 4.09. The summed E-state index contributed by atoms with van der Waals surface area (Å²) < 4.78 is 17.0. The van der Waals surface area contributed by atoms with Crippen molar-refractivity contribution in [3.63, 3.8) is 0 Å². The molecular formula is C20H25N3O3. The molecule has 0 bridgehead atoms. The van der Waals surface area contributed by atoms with Gasteiger partial charge in [0.2, 0.25) is 11.8 Å². The molecule has 0 amide bonds. The molecule has 0 unspecified atom stereocenters. The first-order valence-electron chi connectivity index (χ1n) is 8.57. The van der Waals surface area contributed by atoms with E-state index in [4.69, 9.17) is 13.6 Å². The van der Waals surface area contributed by atoms with Crippen LogP contribution >= 0.6 is 0 Å². The number of methoxy groups -OCH3 is 1. The lowest BCUT2D eigenvalue weighted by molar-refractivity contribution is 0.413. The summed E-state index contributed by atoms with van der Waals surface area (Å²) in [6, 6.07) is 1.77. The van der Waals surface area contributed by atoms with Crippen molar-refractivity contribution >= 4 is 0 Å². The van der Waals surface area contributed by atoms with Crippen LogP contribution < -0.4 is 4.74 Å². The van der Waals surface area contributed by atoms with E-state index in [2.05, 4.69) is 56.5 Å². The first kappa shape index (κ1) is 18.2. The molecule has 3 rings (SSSR count). The third-order valence-corrected chi connectivity index (χ3v) is 4.09. The minimum absolute atomic E-state index is 0.122. The van der Waals surface area contributed by atoms with Crippen LogP contribution in [0.15, 0.2) is 33.6 Å². The maximum absolute atomic E-state index is 5.76. The van der Waals surface area contributed by atoms with Gasteiger partial charge in [0.1, 0.15) is 29.5 Å². The molecule has 6 nitrogen and oxygen atoms in total. The van der Waals surface area contributed by atoms with Crippen molar-refractivity contribution in [2.45, 2.75) is 52.4 Å². The number of hydrogen-bond donors (Lipinski definition) is 0. The zero-order chi connectivity index (χ0) is 19.1. The van der Waals surface area contributed by atoms with Gasteiger partial charge in [-0.1, -0.05) is 41.5 Å². The Morgan fingerprint density at radius 3 is 1.88 bits per heavy atom. The van der Waals surface area contributed by atoms with Crippen molar-refractivity contribution < 1.29 is 13.6 Å². The van der Waals surface area contributed by atoms with Crippen molar-refractivity contribution in [3.8, 4) is 28.8 Å². The first-order valence-corrected chi connectivity index (χ1v) is 8.57. The number of pyridine rings is 1. The summed E-state index contributed by atoms with van der Waals surface area (Å²) in [5, 5.41) is 0. The molecule has 0 aromatic carbocycles. The first-order chi connectivity index (χ1) is 12.1. The van der Waals surface area contributed by atoms with Gasteiger partial charge in [-0.3, -0.25) is 4.98 Å². The number of rotatable bonds is 3. The van der Waals surface area contributed by atoms with Gasteiger partial charge in [0, 0.05) is 17.0 Å². The Morgan fingerprint density at radius 2 is 1.38 bits per heavy atom. The van der Waals surface area contributed by atoms with Crippen LogP contribution in [0, 0.1) is 0 Å². The lowest BCUT2D eigenvalue weighted by Gasteiger charge is -2.13. The molecule has 0 aliphatic heterocycles. The van der Waals surface area contributed by atoms with E-state index in [9.17, 15) is 0 Å². The van der Waals surface area contributed by atoms with E-state index in [0.29, 0.717) is 28.8 Å². The van der Waals surface area contributed by atoms with Crippen LogP contribution in [0.1, 0.15) is 52.9 Å². The van der Waals surface area contributed by atoms with Crippen molar-refractivity contribution in [2.75, 3.05) is 7.11 Å². The molecular weight excluding hydrogens is 330 g/mol. The molecule has 0 saturated carbocycles. The van der Waals surface area contributed by atoms with Crippen LogP contribution in [0.2, 0.25) is 0 Å². The Labute approximate surface area is 153 Å². The predicted molar refractivity (Wildman–Crippen MR) is 99.2 cm³/mol. The molecule has 0 saturated heterocycles. The molecule has 0 spiro atoms. The Balaban J connectivity index is 2.16. The summed E-state index contributed by atoms with van der Waals surface area (Å²) in [4.78, 5) is 13.7. The summed E-state index contributed by atoms with van der Waals surface area (Å²) in [5.41, 5.74) is 2.64. The van der Waals surface area contributed by atoms with E-state index in [1.54, 1.807) is 31.9 Å². The highest BCUT2D eigenvalue weighted by Crippen LogP contribution is 2.38. The van der Waals surface area contributed by atoms with Gasteiger partial charge in [-0.15, -0.1) is 0 Å². The smallest absolute Gasteiger partial charge is 0.246 e. The maximum atomic E-state index is 5.76. The summed E-state index contributed by atoms with van der Waals surface area (Å²) in [5.74, 6) is 1.46. The molecule has 0 aliphatic carbocycles. The SMILES string of the molecule is COc1ccnc(-c2nc(C(C)(C)C)co2)c1-c1nc(C(C)(C)C)co1. The second-order valence-electron chi connectivity index (χ2n) is 8.31. The molecule has 3 aromatic heterocycles. The molecule has 0 aliphatic rings. The van der Waals surface area contributed by atoms with E-state index in [-0.39, 0.29) is 10.8 Å². The normalized spacial score (nSPS) is 12.4. The van der Waals surface area contributed by atoms with Gasteiger partial charge in [0.05, 0.1) is 18.5 Å². The van der Waals surface area contributed by atoms with Crippen LogP contribution in [0.25, 0.3) is 23.0 Å². The van der Waals surface area contributed by atoms with Crippen molar-refractivity contribution in [1.29, 1.82) is 0 Å². The second kappa shape index (κ2) is 6.27. The van der Waals surface area contributed by atoms with E-state index in [1.165, 1.54) is 0 Å². The molecule has 138 valence electrons. The number of aromatic nitrogens is 3. The molecule has 6 heteroatoms. The van der Waals surface area contributed by atoms with Crippen molar-refractivity contribution in [3.05, 3.63) is 36.2 Å². The van der Waals surface area contributed by atoms with Crippen LogP contribution in [0.3, 0.4) is 0 Å². The molecule has 3 heterocycles. The molecule has 26 heavy (non-hydrogen) atoms. The third kappa shape index (κ3) is 3.36. The summed E-state index contributed by atoms with van der Waals surface area (Å²) in [6.07, 6.45) is 4.99. The zero-order valence-electron chi connectivity index (χ0n) is 16.4. The fourth-order valence-electron chi connectivity index (χ4n) is 2.44. The monoisotopic (exact) mass is 355 g/mol. The van der Waals surface area contributed by atoms with Gasteiger partial charge >= 0.3 is 0 Å². The van der Waals surface area contributed by atoms with E-state index in [0.717, 1.165) is 11.4 Å². The number of nitrogens with zero attached hydrogens (tertiary/aromatic N) is 3. The quantitative estimate of drug-likeness (QED) is 0.658.